The molecule has 3 aromatic rings. The van der Waals surface area contributed by atoms with Crippen LogP contribution in [0.25, 0.3) is 10.9 Å². The van der Waals surface area contributed by atoms with Crippen molar-refractivity contribution >= 4 is 28.1 Å². The summed E-state index contributed by atoms with van der Waals surface area (Å²) in [5, 5.41) is 1.20. The number of pyridine rings is 1. The highest BCUT2D eigenvalue weighted by Gasteiger charge is 1.92. The largest absolute Gasteiger partial charge is 0.387 e. The second kappa shape index (κ2) is 5.88. The third kappa shape index (κ3) is 3.11. The highest BCUT2D eigenvalue weighted by molar-refractivity contribution is 7.80. The van der Waals surface area contributed by atoms with Crippen LogP contribution in [0.5, 0.6) is 0 Å². The van der Waals surface area contributed by atoms with E-state index in [0.29, 0.717) is 10.8 Å². The standard InChI is InChI=1S/C9H7N.C4H5N3S/c1-2-6-9-8(4-1)5-3-7-10-9;5-3(8)4-6-1-2-7-4/h1-7H;1-2H,(H2,5,8)(H,6,7). The lowest BCUT2D eigenvalue weighted by Gasteiger charge is -1.91. The van der Waals surface area contributed by atoms with Crippen LogP contribution in [-0.4, -0.2) is 19.9 Å². The number of rotatable bonds is 1. The van der Waals surface area contributed by atoms with Crippen molar-refractivity contribution in [1.29, 1.82) is 0 Å². The van der Waals surface area contributed by atoms with Crippen molar-refractivity contribution < 1.29 is 0 Å². The van der Waals surface area contributed by atoms with Gasteiger partial charge in [0.2, 0.25) is 0 Å². The Bertz CT molecular complexity index is 569. The first-order valence-electron chi connectivity index (χ1n) is 5.36. The van der Waals surface area contributed by atoms with E-state index < -0.39 is 0 Å². The van der Waals surface area contributed by atoms with Gasteiger partial charge in [0.05, 0.1) is 5.52 Å². The summed E-state index contributed by atoms with van der Waals surface area (Å²) in [6.07, 6.45) is 5.09. The van der Waals surface area contributed by atoms with Crippen molar-refractivity contribution in [1.82, 2.24) is 15.0 Å². The van der Waals surface area contributed by atoms with Crippen LogP contribution in [0.4, 0.5) is 0 Å². The predicted octanol–water partition coefficient (Wildman–Crippen LogP) is 2.28. The van der Waals surface area contributed by atoms with Crippen molar-refractivity contribution in [3.8, 4) is 0 Å². The molecule has 0 amide bonds. The number of para-hydroxylation sites is 1. The first kappa shape index (κ1) is 12.2. The van der Waals surface area contributed by atoms with Crippen LogP contribution < -0.4 is 5.73 Å². The number of fused-ring (bicyclic) bond motifs is 1. The SMILES string of the molecule is NC(=S)c1ncc[nH]1.c1ccc2ncccc2c1. The normalized spacial score (nSPS) is 9.56. The molecule has 1 aromatic carbocycles. The molecule has 0 saturated carbocycles. The lowest BCUT2D eigenvalue weighted by Crippen LogP contribution is -2.10. The molecule has 0 unspecified atom stereocenters. The van der Waals surface area contributed by atoms with Crippen LogP contribution in [0.2, 0.25) is 0 Å². The van der Waals surface area contributed by atoms with E-state index in [-0.39, 0.29) is 0 Å². The fraction of sp³-hybridized carbons (Fsp3) is 0. The Labute approximate surface area is 110 Å². The molecular weight excluding hydrogens is 244 g/mol. The lowest BCUT2D eigenvalue weighted by atomic mass is 10.2. The average Bonchev–Trinajstić information content (AvgIpc) is 2.94. The van der Waals surface area contributed by atoms with E-state index in [1.54, 1.807) is 12.4 Å². The monoisotopic (exact) mass is 256 g/mol. The van der Waals surface area contributed by atoms with E-state index in [4.69, 9.17) is 5.73 Å². The van der Waals surface area contributed by atoms with Gasteiger partial charge in [0, 0.05) is 24.0 Å². The van der Waals surface area contributed by atoms with Crippen molar-refractivity contribution in [2.75, 3.05) is 0 Å². The first-order chi connectivity index (χ1) is 8.77. The Kier molecular flexibility index (Phi) is 3.98. The molecule has 0 saturated heterocycles. The summed E-state index contributed by atoms with van der Waals surface area (Å²) in [7, 11) is 0. The maximum atomic E-state index is 5.20. The average molecular weight is 256 g/mol. The van der Waals surface area contributed by atoms with E-state index in [2.05, 4.69) is 39.3 Å². The minimum absolute atomic E-state index is 0.301. The maximum absolute atomic E-state index is 5.20. The molecule has 0 aliphatic heterocycles. The van der Waals surface area contributed by atoms with E-state index in [0.717, 1.165) is 5.52 Å². The lowest BCUT2D eigenvalue weighted by molar-refractivity contribution is 1.26. The Morgan fingerprint density at radius 2 is 1.83 bits per heavy atom. The van der Waals surface area contributed by atoms with Gasteiger partial charge in [-0.05, 0) is 12.1 Å². The van der Waals surface area contributed by atoms with Crippen molar-refractivity contribution in [2.45, 2.75) is 0 Å². The first-order valence-corrected chi connectivity index (χ1v) is 5.77. The van der Waals surface area contributed by atoms with Gasteiger partial charge < -0.3 is 10.7 Å². The number of nitrogens with two attached hydrogens (primary N) is 1. The zero-order chi connectivity index (χ0) is 12.8. The molecular formula is C13H12N4S. The van der Waals surface area contributed by atoms with E-state index in [1.165, 1.54) is 5.39 Å². The third-order valence-corrected chi connectivity index (χ3v) is 2.44. The van der Waals surface area contributed by atoms with Gasteiger partial charge in [-0.1, -0.05) is 36.5 Å². The van der Waals surface area contributed by atoms with E-state index in [9.17, 15) is 0 Å². The molecule has 18 heavy (non-hydrogen) atoms. The van der Waals surface area contributed by atoms with Crippen molar-refractivity contribution in [3.05, 3.63) is 60.8 Å². The van der Waals surface area contributed by atoms with E-state index in [1.807, 2.05) is 30.5 Å². The van der Waals surface area contributed by atoms with Crippen LogP contribution in [0.1, 0.15) is 5.82 Å². The van der Waals surface area contributed by atoms with Crippen LogP contribution in [0, 0.1) is 0 Å². The quantitative estimate of drug-likeness (QED) is 0.655. The summed E-state index contributed by atoms with van der Waals surface area (Å²) in [4.78, 5) is 11.0. The smallest absolute Gasteiger partial charge is 0.164 e. The van der Waals surface area contributed by atoms with Gasteiger partial charge in [0.15, 0.2) is 5.82 Å². The minimum Gasteiger partial charge on any atom is -0.387 e. The van der Waals surface area contributed by atoms with Gasteiger partial charge in [-0.3, -0.25) is 4.98 Å². The van der Waals surface area contributed by atoms with Gasteiger partial charge in [-0.2, -0.15) is 0 Å². The number of aromatic amines is 1. The molecule has 3 N–H and O–H groups in total. The zero-order valence-corrected chi connectivity index (χ0v) is 10.4. The molecule has 5 heteroatoms. The number of nitrogens with one attached hydrogen (secondary N) is 1. The minimum atomic E-state index is 0.301. The molecule has 0 aliphatic rings. The molecule has 4 nitrogen and oxygen atoms in total. The summed E-state index contributed by atoms with van der Waals surface area (Å²) < 4.78 is 0. The predicted molar refractivity (Wildman–Crippen MR) is 76.2 cm³/mol. The highest BCUT2D eigenvalue weighted by atomic mass is 32.1. The molecule has 0 spiro atoms. The summed E-state index contributed by atoms with van der Waals surface area (Å²) in [6.45, 7) is 0. The number of nitrogens with zero attached hydrogens (tertiary/aromatic N) is 2. The van der Waals surface area contributed by atoms with Crippen LogP contribution in [0.15, 0.2) is 55.0 Å². The molecule has 2 heterocycles. The molecule has 0 bridgehead atoms. The molecule has 90 valence electrons. The number of thiocarbonyl (C=S) groups is 1. The van der Waals surface area contributed by atoms with Gasteiger partial charge >= 0.3 is 0 Å². The number of benzene rings is 1. The van der Waals surface area contributed by atoms with Gasteiger partial charge in [-0.15, -0.1) is 0 Å². The Balaban J connectivity index is 0.000000138. The van der Waals surface area contributed by atoms with Crippen LogP contribution >= 0.6 is 12.2 Å². The van der Waals surface area contributed by atoms with Crippen molar-refractivity contribution in [2.24, 2.45) is 5.73 Å². The molecule has 0 fully saturated rings. The summed E-state index contributed by atoms with van der Waals surface area (Å²) in [5.41, 5.74) is 6.26. The highest BCUT2D eigenvalue weighted by Crippen LogP contribution is 2.07. The Hall–Kier alpha value is -2.27. The van der Waals surface area contributed by atoms with Gasteiger partial charge in [0.25, 0.3) is 0 Å². The summed E-state index contributed by atoms with van der Waals surface area (Å²) in [5.74, 6) is 0.569. The molecule has 2 aromatic heterocycles. The summed E-state index contributed by atoms with van der Waals surface area (Å²) in [6, 6.07) is 12.1. The molecule has 3 rings (SSSR count). The number of H-pyrrole nitrogens is 1. The second-order valence-corrected chi connectivity index (χ2v) is 3.94. The van der Waals surface area contributed by atoms with Gasteiger partial charge in [-0.25, -0.2) is 4.98 Å². The molecule has 0 radical (unpaired) electrons. The second-order valence-electron chi connectivity index (χ2n) is 3.50. The fourth-order valence-corrected chi connectivity index (χ4v) is 1.53. The number of hydrogen-bond donors (Lipinski definition) is 2. The summed E-state index contributed by atoms with van der Waals surface area (Å²) >= 11 is 4.60. The fourth-order valence-electron chi connectivity index (χ4n) is 1.42. The van der Waals surface area contributed by atoms with Crippen molar-refractivity contribution in [3.63, 3.8) is 0 Å². The zero-order valence-electron chi connectivity index (χ0n) is 9.58. The van der Waals surface area contributed by atoms with E-state index >= 15 is 0 Å². The number of aromatic nitrogens is 3. The van der Waals surface area contributed by atoms with Crippen LogP contribution in [0.3, 0.4) is 0 Å². The number of imidazole rings is 1. The van der Waals surface area contributed by atoms with Crippen LogP contribution in [-0.2, 0) is 0 Å². The number of hydrogen-bond acceptors (Lipinski definition) is 3. The van der Waals surface area contributed by atoms with Gasteiger partial charge in [0.1, 0.15) is 4.99 Å². The topological polar surface area (TPSA) is 67.6 Å². The molecule has 0 aliphatic carbocycles. The maximum Gasteiger partial charge on any atom is 0.164 e. The molecule has 0 atom stereocenters. The Morgan fingerprint density at radius 1 is 1.06 bits per heavy atom. The Morgan fingerprint density at radius 3 is 2.44 bits per heavy atom. The third-order valence-electron chi connectivity index (χ3n) is 2.24.